The molecule has 2 nitrogen and oxygen atoms in total. The molecule has 2 heterocycles. The van der Waals surface area contributed by atoms with Crippen LogP contribution in [0.4, 0.5) is 0 Å². The molecule has 0 spiro atoms. The first-order chi connectivity index (χ1) is 7.07. The van der Waals surface area contributed by atoms with Gasteiger partial charge >= 0.3 is 0 Å². The molecule has 0 unspecified atom stereocenters. The van der Waals surface area contributed by atoms with Gasteiger partial charge in [-0.05, 0) is 34.6 Å². The SMILES string of the molecule is CC(C)(C)c1ccc(-c2ccsn2)nc1. The van der Waals surface area contributed by atoms with Gasteiger partial charge in [-0.25, -0.2) is 0 Å². The molecule has 0 atom stereocenters. The van der Waals surface area contributed by atoms with E-state index in [1.54, 1.807) is 0 Å². The molecule has 0 amide bonds. The van der Waals surface area contributed by atoms with Crippen LogP contribution in [0.15, 0.2) is 29.8 Å². The number of pyridine rings is 1. The van der Waals surface area contributed by atoms with Crippen LogP contribution in [0.2, 0.25) is 0 Å². The molecule has 78 valence electrons. The van der Waals surface area contributed by atoms with Crippen molar-refractivity contribution in [2.45, 2.75) is 26.2 Å². The standard InChI is InChI=1S/C12H14N2S/c1-12(2,3)9-4-5-10(13-8-9)11-6-7-15-14-11/h4-8H,1-3H3. The quantitative estimate of drug-likeness (QED) is 0.732. The Morgan fingerprint density at radius 2 is 1.87 bits per heavy atom. The van der Waals surface area contributed by atoms with Gasteiger partial charge in [-0.2, -0.15) is 4.37 Å². The molecule has 0 fully saturated rings. The van der Waals surface area contributed by atoms with Crippen molar-refractivity contribution in [3.8, 4) is 11.4 Å². The molecule has 0 radical (unpaired) electrons. The molecule has 0 bridgehead atoms. The molecule has 0 aliphatic carbocycles. The molecular formula is C12H14N2S. The Kier molecular flexibility index (Phi) is 2.57. The summed E-state index contributed by atoms with van der Waals surface area (Å²) in [5.74, 6) is 0. The first-order valence-electron chi connectivity index (χ1n) is 4.95. The van der Waals surface area contributed by atoms with Gasteiger partial charge in [0.2, 0.25) is 0 Å². The first-order valence-corrected chi connectivity index (χ1v) is 5.78. The van der Waals surface area contributed by atoms with Crippen molar-refractivity contribution < 1.29 is 0 Å². The van der Waals surface area contributed by atoms with Crippen LogP contribution in [-0.2, 0) is 5.41 Å². The summed E-state index contributed by atoms with van der Waals surface area (Å²) < 4.78 is 4.26. The molecule has 0 aliphatic rings. The highest BCUT2D eigenvalue weighted by Gasteiger charge is 2.13. The number of rotatable bonds is 1. The molecule has 0 aromatic carbocycles. The largest absolute Gasteiger partial charge is 0.254 e. The van der Waals surface area contributed by atoms with Crippen LogP contribution < -0.4 is 0 Å². The van der Waals surface area contributed by atoms with E-state index in [1.807, 2.05) is 23.7 Å². The third-order valence-corrected chi connectivity index (χ3v) is 2.89. The Bertz CT molecular complexity index is 424. The predicted molar refractivity (Wildman–Crippen MR) is 64.0 cm³/mol. The minimum atomic E-state index is 0.160. The van der Waals surface area contributed by atoms with Gasteiger partial charge in [-0.15, -0.1) is 0 Å². The maximum atomic E-state index is 4.43. The zero-order chi connectivity index (χ0) is 10.9. The van der Waals surface area contributed by atoms with Crippen molar-refractivity contribution in [1.29, 1.82) is 0 Å². The minimum absolute atomic E-state index is 0.160. The molecule has 3 heteroatoms. The predicted octanol–water partition coefficient (Wildman–Crippen LogP) is 3.50. The summed E-state index contributed by atoms with van der Waals surface area (Å²) in [6.45, 7) is 6.56. The Labute approximate surface area is 94.2 Å². The second-order valence-electron chi connectivity index (χ2n) is 4.57. The zero-order valence-corrected chi connectivity index (χ0v) is 10.0. The van der Waals surface area contributed by atoms with E-state index in [1.165, 1.54) is 17.1 Å². The molecular weight excluding hydrogens is 204 g/mol. The van der Waals surface area contributed by atoms with Crippen LogP contribution in [0, 0.1) is 0 Å². The third kappa shape index (κ3) is 2.23. The summed E-state index contributed by atoms with van der Waals surface area (Å²) in [5.41, 5.74) is 3.32. The normalized spacial score (nSPS) is 11.7. The molecule has 0 N–H and O–H groups in total. The van der Waals surface area contributed by atoms with E-state index >= 15 is 0 Å². The zero-order valence-electron chi connectivity index (χ0n) is 9.19. The fourth-order valence-corrected chi connectivity index (χ4v) is 1.85. The van der Waals surface area contributed by atoms with Crippen LogP contribution in [-0.4, -0.2) is 9.36 Å². The van der Waals surface area contributed by atoms with Crippen molar-refractivity contribution in [2.75, 3.05) is 0 Å². The fourth-order valence-electron chi connectivity index (χ4n) is 1.33. The highest BCUT2D eigenvalue weighted by atomic mass is 32.1. The van der Waals surface area contributed by atoms with Crippen LogP contribution in [0.25, 0.3) is 11.4 Å². The Hall–Kier alpha value is -1.22. The van der Waals surface area contributed by atoms with E-state index in [0.717, 1.165) is 11.4 Å². The molecule has 15 heavy (non-hydrogen) atoms. The van der Waals surface area contributed by atoms with Gasteiger partial charge in [0.15, 0.2) is 0 Å². The summed E-state index contributed by atoms with van der Waals surface area (Å²) in [6.07, 6.45) is 1.94. The van der Waals surface area contributed by atoms with Gasteiger partial charge < -0.3 is 0 Å². The number of hydrogen-bond acceptors (Lipinski definition) is 3. The third-order valence-electron chi connectivity index (χ3n) is 2.33. The highest BCUT2D eigenvalue weighted by Crippen LogP contribution is 2.23. The molecule has 2 aromatic heterocycles. The first kappa shape index (κ1) is 10.3. The van der Waals surface area contributed by atoms with Crippen LogP contribution in [0.1, 0.15) is 26.3 Å². The smallest absolute Gasteiger partial charge is 0.102 e. The topological polar surface area (TPSA) is 25.8 Å². The van der Waals surface area contributed by atoms with Gasteiger partial charge in [0.25, 0.3) is 0 Å². The van der Waals surface area contributed by atoms with E-state index in [2.05, 4.69) is 36.2 Å². The Morgan fingerprint density at radius 3 is 2.33 bits per heavy atom. The average molecular weight is 218 g/mol. The van der Waals surface area contributed by atoms with E-state index < -0.39 is 0 Å². The van der Waals surface area contributed by atoms with E-state index in [-0.39, 0.29) is 5.41 Å². The second-order valence-corrected chi connectivity index (χ2v) is 5.23. The maximum absolute atomic E-state index is 4.43. The number of nitrogens with zero attached hydrogens (tertiary/aromatic N) is 2. The molecule has 0 saturated heterocycles. The van der Waals surface area contributed by atoms with Crippen LogP contribution >= 0.6 is 11.5 Å². The monoisotopic (exact) mass is 218 g/mol. The van der Waals surface area contributed by atoms with Gasteiger partial charge in [0, 0.05) is 11.6 Å². The van der Waals surface area contributed by atoms with Crippen LogP contribution in [0.3, 0.4) is 0 Å². The molecule has 2 rings (SSSR count). The number of hydrogen-bond donors (Lipinski definition) is 0. The van der Waals surface area contributed by atoms with Crippen molar-refractivity contribution >= 4 is 11.5 Å². The summed E-state index contributed by atoms with van der Waals surface area (Å²) >= 11 is 1.45. The lowest BCUT2D eigenvalue weighted by atomic mass is 9.88. The molecule has 2 aromatic rings. The van der Waals surface area contributed by atoms with Gasteiger partial charge in [0.05, 0.1) is 5.69 Å². The lowest BCUT2D eigenvalue weighted by molar-refractivity contribution is 0.587. The summed E-state index contributed by atoms with van der Waals surface area (Å²) in [4.78, 5) is 4.43. The van der Waals surface area contributed by atoms with Crippen LogP contribution in [0.5, 0.6) is 0 Å². The summed E-state index contributed by atoms with van der Waals surface area (Å²) in [7, 11) is 0. The van der Waals surface area contributed by atoms with Crippen molar-refractivity contribution in [3.05, 3.63) is 35.3 Å². The van der Waals surface area contributed by atoms with Crippen molar-refractivity contribution in [3.63, 3.8) is 0 Å². The van der Waals surface area contributed by atoms with Crippen molar-refractivity contribution in [1.82, 2.24) is 9.36 Å². The Morgan fingerprint density at radius 1 is 1.07 bits per heavy atom. The second kappa shape index (κ2) is 3.74. The van der Waals surface area contributed by atoms with Gasteiger partial charge in [-0.1, -0.05) is 26.8 Å². The maximum Gasteiger partial charge on any atom is 0.102 e. The van der Waals surface area contributed by atoms with Gasteiger partial charge in [-0.3, -0.25) is 4.98 Å². The summed E-state index contributed by atoms with van der Waals surface area (Å²) in [5, 5.41) is 1.97. The highest BCUT2D eigenvalue weighted by molar-refractivity contribution is 7.03. The Balaban J connectivity index is 2.33. The minimum Gasteiger partial charge on any atom is -0.254 e. The summed E-state index contributed by atoms with van der Waals surface area (Å²) in [6, 6.07) is 6.15. The van der Waals surface area contributed by atoms with Gasteiger partial charge in [0.1, 0.15) is 5.69 Å². The van der Waals surface area contributed by atoms with Crippen molar-refractivity contribution in [2.24, 2.45) is 0 Å². The fraction of sp³-hybridized carbons (Fsp3) is 0.333. The van der Waals surface area contributed by atoms with E-state index in [9.17, 15) is 0 Å². The lowest BCUT2D eigenvalue weighted by Gasteiger charge is -2.18. The molecule has 0 saturated carbocycles. The van der Waals surface area contributed by atoms with E-state index in [0.29, 0.717) is 0 Å². The number of aromatic nitrogens is 2. The lowest BCUT2D eigenvalue weighted by Crippen LogP contribution is -2.11. The van der Waals surface area contributed by atoms with E-state index in [4.69, 9.17) is 0 Å². The molecule has 0 aliphatic heterocycles. The average Bonchev–Trinajstić information content (AvgIpc) is 2.69.